The highest BCUT2D eigenvalue weighted by Crippen LogP contribution is 2.46. The molecule has 15 rings (SSSR count). The molecular formula is C79H64N4OSi. The molecule has 0 saturated carbocycles. The zero-order valence-electron chi connectivity index (χ0n) is 49.5. The van der Waals surface area contributed by atoms with Crippen molar-refractivity contribution < 1.29 is 6.11 Å². The van der Waals surface area contributed by atoms with Crippen molar-refractivity contribution in [2.75, 3.05) is 4.90 Å². The molecular weight excluding hydrogens is 1050 g/mol. The first-order chi connectivity index (χ1) is 41.9. The topological polar surface area (TPSA) is 35.2 Å². The summed E-state index contributed by atoms with van der Waals surface area (Å²) in [5.74, 6) is 1.43. The van der Waals surface area contributed by atoms with Gasteiger partial charge in [0.1, 0.15) is 24.0 Å². The number of rotatable bonds is 10. The van der Waals surface area contributed by atoms with Crippen LogP contribution in [0.4, 0.5) is 11.4 Å². The maximum Gasteiger partial charge on any atom is 0.179 e. The van der Waals surface area contributed by atoms with Gasteiger partial charge in [0.15, 0.2) is 8.07 Å². The van der Waals surface area contributed by atoms with Crippen molar-refractivity contribution in [3.8, 4) is 28.4 Å². The van der Waals surface area contributed by atoms with Gasteiger partial charge in [-0.1, -0.05) is 247 Å². The first kappa shape index (κ1) is 50.7. The summed E-state index contributed by atoms with van der Waals surface area (Å²) in [6, 6.07) is 101. The highest BCUT2D eigenvalue weighted by molar-refractivity contribution is 7.20. The minimum Gasteiger partial charge on any atom is -0.457 e. The molecule has 0 spiro atoms. The molecule has 3 aromatic heterocycles. The van der Waals surface area contributed by atoms with Gasteiger partial charge in [0.25, 0.3) is 0 Å². The monoisotopic (exact) mass is 1110 g/mol. The van der Waals surface area contributed by atoms with E-state index in [1.807, 2.05) is 32.2 Å². The fourth-order valence-electron chi connectivity index (χ4n) is 13.6. The average Bonchev–Trinajstić information content (AvgIpc) is 1.58. The summed E-state index contributed by atoms with van der Waals surface area (Å²) >= 11 is 0. The molecule has 0 N–H and O–H groups in total. The van der Waals surface area contributed by atoms with Gasteiger partial charge in [-0.25, -0.2) is 4.98 Å². The van der Waals surface area contributed by atoms with Crippen LogP contribution in [0.15, 0.2) is 279 Å². The Morgan fingerprint density at radius 2 is 1.00 bits per heavy atom. The van der Waals surface area contributed by atoms with E-state index < -0.39 is 14.0 Å². The molecule has 5 nitrogen and oxygen atoms in total. The molecule has 1 aliphatic heterocycles. The van der Waals surface area contributed by atoms with Gasteiger partial charge in [-0.05, 0) is 119 Å². The summed E-state index contributed by atoms with van der Waals surface area (Å²) in [6.45, 7) is 11.4. The van der Waals surface area contributed by atoms with Crippen LogP contribution < -0.4 is 30.4 Å². The lowest BCUT2D eigenvalue weighted by Crippen LogP contribution is -2.74. The molecule has 0 radical (unpaired) electrons. The van der Waals surface area contributed by atoms with E-state index >= 15 is 0 Å². The lowest BCUT2D eigenvalue weighted by molar-refractivity contribution is 0.483. The maximum atomic E-state index is 8.86. The molecule has 0 amide bonds. The third-order valence-electron chi connectivity index (χ3n) is 17.6. The molecule has 0 aliphatic carbocycles. The Hall–Kier alpha value is -10.0. The molecule has 0 bridgehead atoms. The number of ether oxygens (including phenoxy) is 1. The lowest BCUT2D eigenvalue weighted by atomic mass is 9.85. The van der Waals surface area contributed by atoms with Crippen LogP contribution in [0.2, 0.25) is 0 Å². The summed E-state index contributed by atoms with van der Waals surface area (Å²) in [7, 11) is -2.99. The number of nitrogens with zero attached hydrogens (tertiary/aromatic N) is 4. The van der Waals surface area contributed by atoms with Gasteiger partial charge in [0, 0.05) is 52.5 Å². The molecule has 0 unspecified atom stereocenters. The number of fused-ring (bicyclic) bond motifs is 10. The standard InChI is InChI=1S/C79H64N4OSi/c1-53(2)54-44-45-80-76(48-54)83-73-40-20-19-36-69(73)70-43-42-59(51-75(70)83)84-58-25-21-24-57(50-58)81-52-82-77-64(37-22-38-71(77)67-34-17-15-32-65(67)66-33-16-18-35-68(66)72-39-23-41-74(81)78(72)82)55-46-56(79(3,4)5)49-63(47-55)85(60-26-9-6-10-27-60,61-28-11-7-12-29-61)62-30-13-8-14-31-62/h6-51,53H,52H2,1-5H3/i53D. The Morgan fingerprint density at radius 3 is 1.64 bits per heavy atom. The van der Waals surface area contributed by atoms with Crippen LogP contribution in [0.1, 0.15) is 53.0 Å². The predicted molar refractivity (Wildman–Crippen MR) is 361 cm³/mol. The Bertz CT molecular complexity index is 4940. The van der Waals surface area contributed by atoms with Gasteiger partial charge in [0.2, 0.25) is 0 Å². The van der Waals surface area contributed by atoms with Crippen LogP contribution in [0.5, 0.6) is 11.5 Å². The molecule has 0 fully saturated rings. The van der Waals surface area contributed by atoms with Crippen molar-refractivity contribution in [2.45, 2.75) is 52.6 Å². The van der Waals surface area contributed by atoms with E-state index in [2.05, 4.69) is 296 Å². The van der Waals surface area contributed by atoms with E-state index in [-0.39, 0.29) is 5.41 Å². The SMILES string of the molecule is [2H]C(C)(C)c1ccnc(-n2c3ccccc3c3ccc(Oc4cccc(N5Cn6c7c(-c8cc(C(C)(C)C)cc([Si](c9ccccc9)(c9ccccc9)c9ccccc9)c8)cccc7c7ccccc7c7ccccc7c7cccc5c76)c4)cc32)c1. The van der Waals surface area contributed by atoms with Crippen molar-refractivity contribution in [1.29, 1.82) is 0 Å². The molecule has 0 saturated heterocycles. The van der Waals surface area contributed by atoms with E-state index in [1.165, 1.54) is 69.8 Å². The first-order valence-electron chi connectivity index (χ1n) is 30.0. The van der Waals surface area contributed by atoms with Crippen LogP contribution in [0, 0.1) is 0 Å². The second-order valence-corrected chi connectivity index (χ2v) is 27.7. The van der Waals surface area contributed by atoms with Crippen LogP contribution in [-0.4, -0.2) is 22.2 Å². The van der Waals surface area contributed by atoms with Gasteiger partial charge in [0.05, 0.1) is 27.8 Å². The largest absolute Gasteiger partial charge is 0.457 e. The highest BCUT2D eigenvalue weighted by atomic mass is 28.3. The Kier molecular flexibility index (Phi) is 12.3. The molecule has 0 atom stereocenters. The zero-order valence-corrected chi connectivity index (χ0v) is 49.5. The van der Waals surface area contributed by atoms with E-state index in [4.69, 9.17) is 11.1 Å². The highest BCUT2D eigenvalue weighted by Gasteiger charge is 2.42. The maximum absolute atomic E-state index is 8.86. The van der Waals surface area contributed by atoms with Crippen molar-refractivity contribution in [1.82, 2.24) is 14.1 Å². The second-order valence-electron chi connectivity index (χ2n) is 23.9. The molecule has 85 heavy (non-hydrogen) atoms. The second kappa shape index (κ2) is 20.7. The van der Waals surface area contributed by atoms with Crippen LogP contribution >= 0.6 is 0 Å². The molecule has 14 aromatic rings. The van der Waals surface area contributed by atoms with Gasteiger partial charge in [-0.15, -0.1) is 0 Å². The normalized spacial score (nSPS) is 12.9. The number of benzene rings is 11. The van der Waals surface area contributed by atoms with Crippen molar-refractivity contribution >= 4 is 105 Å². The number of hydrogen-bond acceptors (Lipinski definition) is 3. The Morgan fingerprint density at radius 1 is 0.459 bits per heavy atom. The number of anilines is 2. The average molecular weight is 1110 g/mol. The minimum atomic E-state index is -2.99. The zero-order chi connectivity index (χ0) is 58.3. The Labute approximate surface area is 499 Å². The lowest BCUT2D eigenvalue weighted by Gasteiger charge is -2.36. The summed E-state index contributed by atoms with van der Waals surface area (Å²) in [5, 5.41) is 14.7. The van der Waals surface area contributed by atoms with Gasteiger partial charge >= 0.3 is 0 Å². The number of aromatic nitrogens is 3. The quantitative estimate of drug-likeness (QED) is 0.101. The third-order valence-corrected chi connectivity index (χ3v) is 22.4. The smallest absolute Gasteiger partial charge is 0.179 e. The van der Waals surface area contributed by atoms with Crippen molar-refractivity contribution in [3.05, 3.63) is 290 Å². The van der Waals surface area contributed by atoms with Gasteiger partial charge in [-0.2, -0.15) is 0 Å². The number of para-hydroxylation sites is 3. The van der Waals surface area contributed by atoms with Crippen molar-refractivity contribution in [2.24, 2.45) is 0 Å². The van der Waals surface area contributed by atoms with Gasteiger partial charge in [-0.3, -0.25) is 4.57 Å². The van der Waals surface area contributed by atoms with E-state index in [0.29, 0.717) is 12.4 Å². The minimum absolute atomic E-state index is 0.186. The van der Waals surface area contributed by atoms with Gasteiger partial charge < -0.3 is 14.2 Å². The fraction of sp³-hybridized carbons (Fsp3) is 0.101. The Balaban J connectivity index is 0.953. The van der Waals surface area contributed by atoms with E-state index in [0.717, 1.165) is 61.3 Å². The van der Waals surface area contributed by atoms with E-state index in [1.54, 1.807) is 0 Å². The van der Waals surface area contributed by atoms with Crippen LogP contribution in [0.3, 0.4) is 0 Å². The summed E-state index contributed by atoms with van der Waals surface area (Å²) < 4.78 is 20.6. The van der Waals surface area contributed by atoms with Crippen molar-refractivity contribution in [3.63, 3.8) is 0 Å². The molecule has 410 valence electrons. The summed E-state index contributed by atoms with van der Waals surface area (Å²) in [6.07, 6.45) is 1.81. The van der Waals surface area contributed by atoms with Crippen LogP contribution in [-0.2, 0) is 12.1 Å². The third kappa shape index (κ3) is 8.70. The summed E-state index contributed by atoms with van der Waals surface area (Å²) in [5.41, 5.74) is 10.8. The van der Waals surface area contributed by atoms with E-state index in [9.17, 15) is 0 Å². The fourth-order valence-corrected chi connectivity index (χ4v) is 18.4. The summed E-state index contributed by atoms with van der Waals surface area (Å²) in [4.78, 5) is 7.34. The molecule has 11 aromatic carbocycles. The predicted octanol–water partition coefficient (Wildman–Crippen LogP) is 18.1. The molecule has 1 aliphatic rings. The number of pyridine rings is 1. The molecule has 4 heterocycles. The first-order valence-corrected chi connectivity index (χ1v) is 31.5. The van der Waals surface area contributed by atoms with Crippen LogP contribution in [0.25, 0.3) is 82.1 Å². The number of hydrogen-bond donors (Lipinski definition) is 0. The molecule has 6 heteroatoms.